The third-order valence-corrected chi connectivity index (χ3v) is 2.89. The van der Waals surface area contributed by atoms with Crippen LogP contribution in [0.25, 0.3) is 0 Å². The lowest BCUT2D eigenvalue weighted by Crippen LogP contribution is -2.13. The first-order valence-corrected chi connectivity index (χ1v) is 6.13. The molecule has 4 nitrogen and oxygen atoms in total. The number of rotatable bonds is 5. The highest BCUT2D eigenvalue weighted by Crippen LogP contribution is 2.21. The van der Waals surface area contributed by atoms with Crippen molar-refractivity contribution in [1.82, 2.24) is 0 Å². The van der Waals surface area contributed by atoms with Crippen LogP contribution in [0.3, 0.4) is 0 Å². The van der Waals surface area contributed by atoms with Crippen LogP contribution in [0.2, 0.25) is 0 Å². The third-order valence-electron chi connectivity index (χ3n) is 2.89. The summed E-state index contributed by atoms with van der Waals surface area (Å²) in [4.78, 5) is 10.8. The summed E-state index contributed by atoms with van der Waals surface area (Å²) in [6.07, 6.45) is 0.199. The molecule has 4 N–H and O–H groups in total. The van der Waals surface area contributed by atoms with Gasteiger partial charge in [-0.25, -0.2) is 4.39 Å². The van der Waals surface area contributed by atoms with E-state index >= 15 is 0 Å². The molecule has 0 aliphatic rings. The Morgan fingerprint density at radius 1 is 1.20 bits per heavy atom. The van der Waals surface area contributed by atoms with E-state index < -0.39 is 5.82 Å². The number of halogens is 1. The molecule has 0 saturated carbocycles. The maximum Gasteiger partial charge on any atom is 0.221 e. The summed E-state index contributed by atoms with van der Waals surface area (Å²) in [7, 11) is 0. The van der Waals surface area contributed by atoms with E-state index in [9.17, 15) is 14.3 Å². The summed E-state index contributed by atoms with van der Waals surface area (Å²) < 4.78 is 13.2. The van der Waals surface area contributed by atoms with Crippen molar-refractivity contribution in [3.8, 4) is 5.75 Å². The Labute approximate surface area is 116 Å². The van der Waals surface area contributed by atoms with Crippen LogP contribution in [0.1, 0.15) is 11.1 Å². The van der Waals surface area contributed by atoms with E-state index in [4.69, 9.17) is 5.73 Å². The molecule has 0 bridgehead atoms. The molecule has 0 aliphatic heterocycles. The van der Waals surface area contributed by atoms with Crippen molar-refractivity contribution in [2.24, 2.45) is 5.73 Å². The Balaban J connectivity index is 2.00. The third kappa shape index (κ3) is 3.47. The number of carbonyl (C=O) groups is 1. The minimum Gasteiger partial charge on any atom is -0.505 e. The maximum atomic E-state index is 13.2. The number of primary amides is 1. The number of aromatic hydroxyl groups is 1. The number of nitrogens with one attached hydrogen (secondary N) is 1. The van der Waals surface area contributed by atoms with Gasteiger partial charge in [-0.2, -0.15) is 0 Å². The van der Waals surface area contributed by atoms with E-state index in [0.717, 1.165) is 11.3 Å². The lowest BCUT2D eigenvalue weighted by atomic mass is 10.1. The molecule has 0 fully saturated rings. The molecule has 0 saturated heterocycles. The van der Waals surface area contributed by atoms with Crippen molar-refractivity contribution in [2.45, 2.75) is 13.0 Å². The standard InChI is InChI=1S/C15H15FN2O2/c16-13-3-1-2-11(15(13)20)9-18-12-6-4-10(5-7-12)8-14(17)19/h1-7,18,20H,8-9H2,(H2,17,19). The Kier molecular flexibility index (Phi) is 4.20. The van der Waals surface area contributed by atoms with Gasteiger partial charge in [0.05, 0.1) is 6.42 Å². The Bertz CT molecular complexity index is 612. The molecule has 1 amide bonds. The van der Waals surface area contributed by atoms with Crippen LogP contribution >= 0.6 is 0 Å². The molecular formula is C15H15FN2O2. The molecule has 0 unspecified atom stereocenters. The van der Waals surface area contributed by atoms with Gasteiger partial charge < -0.3 is 16.2 Å². The zero-order valence-electron chi connectivity index (χ0n) is 10.8. The van der Waals surface area contributed by atoms with E-state index in [1.165, 1.54) is 6.07 Å². The number of amides is 1. The second-order valence-electron chi connectivity index (χ2n) is 4.44. The highest BCUT2D eigenvalue weighted by atomic mass is 19.1. The van der Waals surface area contributed by atoms with Gasteiger partial charge in [-0.05, 0) is 23.8 Å². The number of hydrogen-bond acceptors (Lipinski definition) is 3. The van der Waals surface area contributed by atoms with Crippen molar-refractivity contribution >= 4 is 11.6 Å². The van der Waals surface area contributed by atoms with E-state index in [1.807, 2.05) is 0 Å². The zero-order valence-corrected chi connectivity index (χ0v) is 10.8. The summed E-state index contributed by atoms with van der Waals surface area (Å²) in [6, 6.07) is 11.6. The fourth-order valence-electron chi connectivity index (χ4n) is 1.84. The molecule has 5 heteroatoms. The van der Waals surface area contributed by atoms with Crippen LogP contribution in [0, 0.1) is 5.82 Å². The second kappa shape index (κ2) is 6.06. The van der Waals surface area contributed by atoms with E-state index in [-0.39, 0.29) is 18.1 Å². The van der Waals surface area contributed by atoms with Crippen molar-refractivity contribution in [1.29, 1.82) is 0 Å². The van der Waals surface area contributed by atoms with E-state index in [0.29, 0.717) is 12.1 Å². The number of carbonyl (C=O) groups excluding carboxylic acids is 1. The highest BCUT2D eigenvalue weighted by molar-refractivity contribution is 5.76. The van der Waals surface area contributed by atoms with Gasteiger partial charge in [-0.3, -0.25) is 4.79 Å². The van der Waals surface area contributed by atoms with Gasteiger partial charge in [-0.1, -0.05) is 24.3 Å². The van der Waals surface area contributed by atoms with Crippen LogP contribution < -0.4 is 11.1 Å². The first-order valence-electron chi connectivity index (χ1n) is 6.13. The minimum absolute atomic E-state index is 0.199. The molecule has 2 aromatic carbocycles. The first-order chi connectivity index (χ1) is 9.56. The summed E-state index contributed by atoms with van der Waals surface area (Å²) in [6.45, 7) is 0.304. The average molecular weight is 274 g/mol. The molecule has 2 rings (SSSR count). The summed E-state index contributed by atoms with van der Waals surface area (Å²) in [5, 5.41) is 12.6. The van der Waals surface area contributed by atoms with Crippen LogP contribution in [-0.2, 0) is 17.8 Å². The number of phenols is 1. The van der Waals surface area contributed by atoms with Gasteiger partial charge in [0.25, 0.3) is 0 Å². The maximum absolute atomic E-state index is 13.2. The van der Waals surface area contributed by atoms with Crippen molar-refractivity contribution in [3.63, 3.8) is 0 Å². The monoisotopic (exact) mass is 274 g/mol. The fourth-order valence-corrected chi connectivity index (χ4v) is 1.84. The van der Waals surface area contributed by atoms with Gasteiger partial charge in [0.2, 0.25) is 5.91 Å². The SMILES string of the molecule is NC(=O)Cc1ccc(NCc2cccc(F)c2O)cc1. The molecule has 0 radical (unpaired) electrons. The highest BCUT2D eigenvalue weighted by Gasteiger charge is 2.06. The number of benzene rings is 2. The van der Waals surface area contributed by atoms with Gasteiger partial charge in [0.15, 0.2) is 11.6 Å². The smallest absolute Gasteiger partial charge is 0.221 e. The van der Waals surface area contributed by atoms with Crippen LogP contribution in [0.4, 0.5) is 10.1 Å². The molecular weight excluding hydrogens is 259 g/mol. The Morgan fingerprint density at radius 2 is 1.90 bits per heavy atom. The van der Waals surface area contributed by atoms with E-state index in [1.54, 1.807) is 36.4 Å². The molecule has 20 heavy (non-hydrogen) atoms. The van der Waals surface area contributed by atoms with Gasteiger partial charge >= 0.3 is 0 Å². The predicted molar refractivity (Wildman–Crippen MR) is 74.7 cm³/mol. The lowest BCUT2D eigenvalue weighted by molar-refractivity contribution is -0.117. The second-order valence-corrected chi connectivity index (χ2v) is 4.44. The number of nitrogens with two attached hydrogens (primary N) is 1. The van der Waals surface area contributed by atoms with Crippen molar-refractivity contribution in [2.75, 3.05) is 5.32 Å². The van der Waals surface area contributed by atoms with Crippen molar-refractivity contribution < 1.29 is 14.3 Å². The Hall–Kier alpha value is -2.56. The minimum atomic E-state index is -0.638. The van der Waals surface area contributed by atoms with Crippen LogP contribution in [0.15, 0.2) is 42.5 Å². The largest absolute Gasteiger partial charge is 0.505 e. The topological polar surface area (TPSA) is 75.4 Å². The fraction of sp³-hybridized carbons (Fsp3) is 0.133. The van der Waals surface area contributed by atoms with Crippen molar-refractivity contribution in [3.05, 3.63) is 59.4 Å². The lowest BCUT2D eigenvalue weighted by Gasteiger charge is -2.09. The predicted octanol–water partition coefficient (Wildman–Crippen LogP) is 2.17. The van der Waals surface area contributed by atoms with Gasteiger partial charge in [0, 0.05) is 17.8 Å². The average Bonchev–Trinajstić information content (AvgIpc) is 2.41. The van der Waals surface area contributed by atoms with Crippen LogP contribution in [-0.4, -0.2) is 11.0 Å². The molecule has 2 aromatic rings. The Morgan fingerprint density at radius 3 is 2.55 bits per heavy atom. The number of anilines is 1. The molecule has 0 heterocycles. The molecule has 0 aromatic heterocycles. The van der Waals surface area contributed by atoms with Crippen LogP contribution in [0.5, 0.6) is 5.75 Å². The number of hydrogen-bond donors (Lipinski definition) is 3. The molecule has 0 spiro atoms. The summed E-state index contributed by atoms with van der Waals surface area (Å²) >= 11 is 0. The number of phenolic OH excluding ortho intramolecular Hbond substituents is 1. The van der Waals surface area contributed by atoms with Gasteiger partial charge in [-0.15, -0.1) is 0 Å². The molecule has 0 atom stereocenters. The van der Waals surface area contributed by atoms with E-state index in [2.05, 4.69) is 5.32 Å². The van der Waals surface area contributed by atoms with Gasteiger partial charge in [0.1, 0.15) is 0 Å². The normalized spacial score (nSPS) is 10.2. The summed E-state index contributed by atoms with van der Waals surface area (Å²) in [5.74, 6) is -1.36. The summed E-state index contributed by atoms with van der Waals surface area (Å²) in [5.41, 5.74) is 7.23. The first kappa shape index (κ1) is 13.9. The quantitative estimate of drug-likeness (QED) is 0.782. The zero-order chi connectivity index (χ0) is 14.5. The number of para-hydroxylation sites is 1. The molecule has 0 aliphatic carbocycles. The molecule has 104 valence electrons.